The fraction of sp³-hybridized carbons (Fsp3) is 0.263. The number of carbonyl (C=O) groups excluding carboxylic acids is 1. The summed E-state index contributed by atoms with van der Waals surface area (Å²) in [4.78, 5) is 18.2. The Hall–Kier alpha value is -1.98. The first-order valence-corrected chi connectivity index (χ1v) is 9.68. The third kappa shape index (κ3) is 3.74. The molecule has 0 bridgehead atoms. The second-order valence-corrected chi connectivity index (χ2v) is 7.85. The molecule has 3 nitrogen and oxygen atoms in total. The lowest BCUT2D eigenvalue weighted by atomic mass is 9.98. The SMILES string of the molecule is Cc1cccc(C(C)C)c1NC(=O)Cc1csc(-c2cccs2)n1. The van der Waals surface area contributed by atoms with Gasteiger partial charge in [-0.25, -0.2) is 4.98 Å². The summed E-state index contributed by atoms with van der Waals surface area (Å²) in [6.07, 6.45) is 0.299. The van der Waals surface area contributed by atoms with Gasteiger partial charge in [-0.2, -0.15) is 0 Å². The van der Waals surface area contributed by atoms with Crippen molar-refractivity contribution in [3.8, 4) is 9.88 Å². The van der Waals surface area contributed by atoms with Crippen LogP contribution in [0.25, 0.3) is 9.88 Å². The van der Waals surface area contributed by atoms with Crippen molar-refractivity contribution in [2.45, 2.75) is 33.1 Å². The van der Waals surface area contributed by atoms with Crippen molar-refractivity contribution in [1.82, 2.24) is 4.98 Å². The molecule has 3 aromatic rings. The van der Waals surface area contributed by atoms with E-state index in [4.69, 9.17) is 0 Å². The molecule has 0 aliphatic rings. The molecule has 24 heavy (non-hydrogen) atoms. The van der Waals surface area contributed by atoms with Crippen LogP contribution in [-0.4, -0.2) is 10.9 Å². The lowest BCUT2D eigenvalue weighted by Crippen LogP contribution is -2.17. The first-order chi connectivity index (χ1) is 11.5. The predicted molar refractivity (Wildman–Crippen MR) is 103 cm³/mol. The average Bonchev–Trinajstić information content (AvgIpc) is 3.19. The molecule has 0 fully saturated rings. The number of amides is 1. The van der Waals surface area contributed by atoms with Gasteiger partial charge in [-0.3, -0.25) is 4.79 Å². The predicted octanol–water partition coefficient (Wildman–Crippen LogP) is 5.48. The van der Waals surface area contributed by atoms with E-state index in [-0.39, 0.29) is 5.91 Å². The number of para-hydroxylation sites is 1. The summed E-state index contributed by atoms with van der Waals surface area (Å²) in [5.41, 5.74) is 4.01. The van der Waals surface area contributed by atoms with Crippen LogP contribution in [0.5, 0.6) is 0 Å². The third-order valence-electron chi connectivity index (χ3n) is 3.82. The van der Waals surface area contributed by atoms with Crippen molar-refractivity contribution >= 4 is 34.3 Å². The zero-order chi connectivity index (χ0) is 17.1. The molecule has 124 valence electrons. The van der Waals surface area contributed by atoms with Crippen LogP contribution in [0.1, 0.15) is 36.6 Å². The summed E-state index contributed by atoms with van der Waals surface area (Å²) in [7, 11) is 0. The van der Waals surface area contributed by atoms with E-state index in [9.17, 15) is 4.79 Å². The minimum Gasteiger partial charge on any atom is -0.325 e. The maximum absolute atomic E-state index is 12.5. The quantitative estimate of drug-likeness (QED) is 0.657. The van der Waals surface area contributed by atoms with Gasteiger partial charge >= 0.3 is 0 Å². The Bertz CT molecular complexity index is 835. The highest BCUT2D eigenvalue weighted by Crippen LogP contribution is 2.29. The molecule has 3 rings (SSSR count). The number of aromatic nitrogens is 1. The van der Waals surface area contributed by atoms with Crippen molar-refractivity contribution < 1.29 is 4.79 Å². The molecule has 2 heterocycles. The lowest BCUT2D eigenvalue weighted by molar-refractivity contribution is -0.115. The maximum atomic E-state index is 12.5. The van der Waals surface area contributed by atoms with Gasteiger partial charge in [0.1, 0.15) is 5.01 Å². The molecule has 0 radical (unpaired) electrons. The molecule has 1 N–H and O–H groups in total. The number of thiazole rings is 1. The van der Waals surface area contributed by atoms with E-state index in [1.54, 1.807) is 22.7 Å². The molecular formula is C19H20N2OS2. The molecule has 2 aromatic heterocycles. The molecule has 1 aromatic carbocycles. The van der Waals surface area contributed by atoms with Crippen LogP contribution < -0.4 is 5.32 Å². The maximum Gasteiger partial charge on any atom is 0.230 e. The molecular weight excluding hydrogens is 336 g/mol. The lowest BCUT2D eigenvalue weighted by Gasteiger charge is -2.16. The van der Waals surface area contributed by atoms with E-state index >= 15 is 0 Å². The van der Waals surface area contributed by atoms with E-state index in [1.807, 2.05) is 35.9 Å². The number of nitrogens with zero attached hydrogens (tertiary/aromatic N) is 1. The Morgan fingerprint density at radius 2 is 2.04 bits per heavy atom. The Kier molecular flexibility index (Phi) is 5.11. The summed E-state index contributed by atoms with van der Waals surface area (Å²) in [5, 5.41) is 8.06. The minimum atomic E-state index is -0.0192. The molecule has 0 saturated carbocycles. The zero-order valence-electron chi connectivity index (χ0n) is 14.0. The number of benzene rings is 1. The highest BCUT2D eigenvalue weighted by molar-refractivity contribution is 7.20. The van der Waals surface area contributed by atoms with Crippen LogP contribution in [0.4, 0.5) is 5.69 Å². The number of hydrogen-bond acceptors (Lipinski definition) is 4. The number of nitrogens with one attached hydrogen (secondary N) is 1. The monoisotopic (exact) mass is 356 g/mol. The van der Waals surface area contributed by atoms with E-state index < -0.39 is 0 Å². The fourth-order valence-corrected chi connectivity index (χ4v) is 4.23. The first kappa shape index (κ1) is 16.9. The van der Waals surface area contributed by atoms with Gasteiger partial charge in [0.25, 0.3) is 0 Å². The van der Waals surface area contributed by atoms with Crippen LogP contribution in [0, 0.1) is 6.92 Å². The van der Waals surface area contributed by atoms with Crippen LogP contribution in [0.2, 0.25) is 0 Å². The number of rotatable bonds is 5. The van der Waals surface area contributed by atoms with Crippen LogP contribution in [-0.2, 0) is 11.2 Å². The van der Waals surface area contributed by atoms with Gasteiger partial charge in [0.2, 0.25) is 5.91 Å². The van der Waals surface area contributed by atoms with E-state index in [0.29, 0.717) is 12.3 Å². The summed E-state index contributed by atoms with van der Waals surface area (Å²) >= 11 is 3.25. The highest BCUT2D eigenvalue weighted by Gasteiger charge is 2.14. The summed E-state index contributed by atoms with van der Waals surface area (Å²) in [6, 6.07) is 10.2. The summed E-state index contributed by atoms with van der Waals surface area (Å²) in [6.45, 7) is 6.30. The molecule has 0 atom stereocenters. The van der Waals surface area contributed by atoms with Gasteiger partial charge in [-0.15, -0.1) is 22.7 Å². The van der Waals surface area contributed by atoms with Gasteiger partial charge in [0.15, 0.2) is 0 Å². The normalized spacial score (nSPS) is 11.0. The standard InChI is InChI=1S/C19H20N2OS2/c1-12(2)15-7-4-6-13(3)18(15)21-17(22)10-14-11-24-19(20-14)16-8-5-9-23-16/h4-9,11-12H,10H2,1-3H3,(H,21,22). The van der Waals surface area contributed by atoms with Gasteiger partial charge in [-0.1, -0.05) is 38.1 Å². The number of anilines is 1. The average molecular weight is 357 g/mol. The molecule has 0 unspecified atom stereocenters. The van der Waals surface area contributed by atoms with Crippen molar-refractivity contribution in [2.24, 2.45) is 0 Å². The largest absolute Gasteiger partial charge is 0.325 e. The Morgan fingerprint density at radius 3 is 2.75 bits per heavy atom. The fourth-order valence-electron chi connectivity index (χ4n) is 2.59. The second-order valence-electron chi connectivity index (χ2n) is 6.04. The Labute approximate surface area is 150 Å². The molecule has 0 aliphatic heterocycles. The highest BCUT2D eigenvalue weighted by atomic mass is 32.1. The van der Waals surface area contributed by atoms with Gasteiger partial charge in [0.05, 0.1) is 17.0 Å². The summed E-state index contributed by atoms with van der Waals surface area (Å²) in [5.74, 6) is 0.346. The van der Waals surface area contributed by atoms with Gasteiger partial charge in [-0.05, 0) is 35.4 Å². The van der Waals surface area contributed by atoms with Crippen molar-refractivity contribution in [3.05, 3.63) is 57.9 Å². The smallest absolute Gasteiger partial charge is 0.230 e. The van der Waals surface area contributed by atoms with E-state index in [1.165, 1.54) is 5.56 Å². The van der Waals surface area contributed by atoms with Gasteiger partial charge in [0, 0.05) is 11.1 Å². The Balaban J connectivity index is 1.73. The molecule has 0 saturated heterocycles. The number of aryl methyl sites for hydroxylation is 1. The van der Waals surface area contributed by atoms with Crippen molar-refractivity contribution in [1.29, 1.82) is 0 Å². The number of carbonyl (C=O) groups is 1. The van der Waals surface area contributed by atoms with Crippen molar-refractivity contribution in [2.75, 3.05) is 5.32 Å². The first-order valence-electron chi connectivity index (χ1n) is 7.92. The van der Waals surface area contributed by atoms with Crippen LogP contribution in [0.3, 0.4) is 0 Å². The number of hydrogen-bond donors (Lipinski definition) is 1. The molecule has 0 aliphatic carbocycles. The van der Waals surface area contributed by atoms with E-state index in [2.05, 4.69) is 36.3 Å². The zero-order valence-corrected chi connectivity index (χ0v) is 15.6. The minimum absolute atomic E-state index is 0.0192. The Morgan fingerprint density at radius 1 is 1.21 bits per heavy atom. The van der Waals surface area contributed by atoms with Gasteiger partial charge < -0.3 is 5.32 Å². The molecule has 5 heteroatoms. The topological polar surface area (TPSA) is 42.0 Å². The van der Waals surface area contributed by atoms with Crippen LogP contribution >= 0.6 is 22.7 Å². The summed E-state index contributed by atoms with van der Waals surface area (Å²) < 4.78 is 0. The van der Waals surface area contributed by atoms with E-state index in [0.717, 1.165) is 26.8 Å². The van der Waals surface area contributed by atoms with Crippen molar-refractivity contribution in [3.63, 3.8) is 0 Å². The number of thiophene rings is 1. The van der Waals surface area contributed by atoms with Crippen LogP contribution in [0.15, 0.2) is 41.1 Å². The third-order valence-corrected chi connectivity index (χ3v) is 5.75. The molecule has 0 spiro atoms. The molecule has 1 amide bonds. The second kappa shape index (κ2) is 7.28.